The van der Waals surface area contributed by atoms with Gasteiger partial charge in [0, 0.05) is 0 Å². The van der Waals surface area contributed by atoms with Crippen molar-refractivity contribution in [1.82, 2.24) is 14.6 Å². The highest BCUT2D eigenvalue weighted by molar-refractivity contribution is 7.52. The van der Waals surface area contributed by atoms with Crippen molar-refractivity contribution < 1.29 is 37.4 Å². The predicted octanol–water partition coefficient (Wildman–Crippen LogP) is 4.06. The van der Waals surface area contributed by atoms with Gasteiger partial charge in [-0.3, -0.25) is 23.7 Å². The molecule has 4 rings (SSSR count). The molecule has 1 saturated carbocycles. The predicted molar refractivity (Wildman–Crippen MR) is 141 cm³/mol. The molecule has 0 amide bonds. The van der Waals surface area contributed by atoms with Crippen LogP contribution in [0.2, 0.25) is 0 Å². The van der Waals surface area contributed by atoms with E-state index in [1.165, 1.54) is 6.92 Å². The summed E-state index contributed by atoms with van der Waals surface area (Å²) in [5.41, 5.74) is -3.52. The van der Waals surface area contributed by atoms with Gasteiger partial charge >= 0.3 is 19.4 Å². The quantitative estimate of drug-likeness (QED) is 0.233. The summed E-state index contributed by atoms with van der Waals surface area (Å²) in [6.07, 6.45) is 1.48. The van der Waals surface area contributed by atoms with E-state index in [2.05, 4.69) is 5.09 Å². The lowest BCUT2D eigenvalue weighted by Gasteiger charge is -2.28. The van der Waals surface area contributed by atoms with Gasteiger partial charge in [-0.25, -0.2) is 9.36 Å². The lowest BCUT2D eigenvalue weighted by atomic mass is 10.1. The molecule has 40 heavy (non-hydrogen) atoms. The number of aliphatic hydroxyl groups is 1. The molecule has 3 atom stereocenters. The number of nitrogens with zero attached hydrogens (tertiary/aromatic N) is 1. The minimum atomic E-state index is -4.32. The van der Waals surface area contributed by atoms with Crippen molar-refractivity contribution in [3.05, 3.63) is 74.7 Å². The maximum Gasteiger partial charge on any atom is 0.460 e. The van der Waals surface area contributed by atoms with Crippen LogP contribution >= 0.6 is 7.75 Å². The van der Waals surface area contributed by atoms with Gasteiger partial charge in [0.15, 0.2) is 12.0 Å². The molecule has 218 valence electrons. The largest absolute Gasteiger partial charge is 0.508 e. The first kappa shape index (κ1) is 29.6. The zero-order valence-corrected chi connectivity index (χ0v) is 23.3. The SMILES string of the molecule is CCC(CC)COC(=O)[C@H](C)N[P@](=O)(Oc1ccccc1)OC1(C2=C(O)C[C@H](n3cc(F)c(=O)[nH]c3=O)O2)CC1. The first-order valence-corrected chi connectivity index (χ1v) is 14.6. The van der Waals surface area contributed by atoms with Crippen molar-refractivity contribution in [1.29, 1.82) is 0 Å². The fraction of sp³-hybridized carbons (Fsp3) is 0.500. The van der Waals surface area contributed by atoms with Gasteiger partial charge in [-0.15, -0.1) is 0 Å². The molecule has 1 aromatic carbocycles. The topological polar surface area (TPSA) is 158 Å². The molecule has 0 saturated heterocycles. The minimum absolute atomic E-state index is 0.0985. The van der Waals surface area contributed by atoms with Crippen molar-refractivity contribution in [2.24, 2.45) is 5.92 Å². The number of hydrogen-bond donors (Lipinski definition) is 3. The van der Waals surface area contributed by atoms with E-state index in [0.717, 1.165) is 17.4 Å². The average molecular weight is 582 g/mol. The van der Waals surface area contributed by atoms with E-state index in [-0.39, 0.29) is 49.1 Å². The summed E-state index contributed by atoms with van der Waals surface area (Å²) >= 11 is 0. The number of esters is 1. The molecule has 1 fully saturated rings. The van der Waals surface area contributed by atoms with Gasteiger partial charge in [0.25, 0.3) is 5.56 Å². The molecule has 3 N–H and O–H groups in total. The number of halogens is 1. The molecule has 2 aliphatic rings. The second-order valence-electron chi connectivity index (χ2n) is 9.85. The summed E-state index contributed by atoms with van der Waals surface area (Å²) in [5, 5.41) is 13.3. The number of H-pyrrole nitrogens is 1. The molecular formula is C26H33FN3O9P. The van der Waals surface area contributed by atoms with E-state index in [1.54, 1.807) is 30.3 Å². The Labute approximate surface area is 229 Å². The summed E-state index contributed by atoms with van der Waals surface area (Å²) in [5.74, 6) is -1.85. The maximum atomic E-state index is 14.1. The lowest BCUT2D eigenvalue weighted by Crippen LogP contribution is -2.37. The third-order valence-electron chi connectivity index (χ3n) is 6.82. The highest BCUT2D eigenvalue weighted by Gasteiger charge is 2.58. The van der Waals surface area contributed by atoms with Gasteiger partial charge in [0.05, 0.1) is 19.2 Å². The van der Waals surface area contributed by atoms with Crippen LogP contribution in [0.4, 0.5) is 4.39 Å². The third-order valence-corrected chi connectivity index (χ3v) is 8.57. The van der Waals surface area contributed by atoms with Crippen LogP contribution in [0.25, 0.3) is 0 Å². The Morgan fingerprint density at radius 1 is 1.27 bits per heavy atom. The Kier molecular flexibility index (Phi) is 8.86. The minimum Gasteiger partial charge on any atom is -0.508 e. The number of carbonyl (C=O) groups excluding carboxylic acids is 1. The molecule has 0 spiro atoms. The molecule has 0 bridgehead atoms. The summed E-state index contributed by atoms with van der Waals surface area (Å²) in [6, 6.07) is 7.11. The Bertz CT molecular complexity index is 1420. The third kappa shape index (κ3) is 6.65. The standard InChI is InChI=1S/C26H33FN3O9P/c1-4-17(5-2)15-36-24(33)16(3)29-40(35,38-18-9-7-6-8-10-18)39-26(11-12-26)22-20(31)13-21(37-22)30-14-19(27)23(32)28-25(30)34/h6-10,14,16-17,21,31H,4-5,11-13,15H2,1-3H3,(H,29,35)(H,28,32,34)/t16-,21+,40-/m0/s1. The van der Waals surface area contributed by atoms with Crippen molar-refractivity contribution >= 4 is 13.7 Å². The van der Waals surface area contributed by atoms with E-state index in [1.807, 2.05) is 18.8 Å². The second kappa shape index (κ2) is 12.0. The number of para-hydroxylation sites is 1. The summed E-state index contributed by atoms with van der Waals surface area (Å²) in [4.78, 5) is 38.2. The van der Waals surface area contributed by atoms with Crippen LogP contribution in [0.15, 0.2) is 57.6 Å². The smallest absolute Gasteiger partial charge is 0.460 e. The number of benzene rings is 1. The monoisotopic (exact) mass is 581 g/mol. The zero-order valence-electron chi connectivity index (χ0n) is 22.4. The number of ether oxygens (including phenoxy) is 2. The normalized spacial score (nSPS) is 20.1. The molecule has 1 aromatic heterocycles. The fourth-order valence-corrected chi connectivity index (χ4v) is 6.09. The molecule has 12 nitrogen and oxygen atoms in total. The van der Waals surface area contributed by atoms with Crippen LogP contribution in [0.1, 0.15) is 59.1 Å². The second-order valence-corrected chi connectivity index (χ2v) is 11.5. The fourth-order valence-electron chi connectivity index (χ4n) is 4.24. The molecular weight excluding hydrogens is 548 g/mol. The van der Waals surface area contributed by atoms with Crippen molar-refractivity contribution in [2.75, 3.05) is 6.61 Å². The molecule has 1 aliphatic heterocycles. The van der Waals surface area contributed by atoms with Gasteiger partial charge in [-0.1, -0.05) is 44.9 Å². The molecule has 2 aromatic rings. The van der Waals surface area contributed by atoms with Crippen molar-refractivity contribution in [3.8, 4) is 5.75 Å². The van der Waals surface area contributed by atoms with Crippen LogP contribution < -0.4 is 20.9 Å². The Morgan fingerprint density at radius 3 is 2.58 bits per heavy atom. The van der Waals surface area contributed by atoms with Gasteiger partial charge in [-0.05, 0) is 37.8 Å². The summed E-state index contributed by atoms with van der Waals surface area (Å²) in [7, 11) is -4.32. The van der Waals surface area contributed by atoms with Crippen LogP contribution in [-0.2, 0) is 23.4 Å². The van der Waals surface area contributed by atoms with Gasteiger partial charge in [-0.2, -0.15) is 9.48 Å². The highest BCUT2D eigenvalue weighted by Crippen LogP contribution is 2.60. The Balaban J connectivity index is 1.54. The molecule has 0 unspecified atom stereocenters. The molecule has 2 heterocycles. The van der Waals surface area contributed by atoms with E-state index in [0.29, 0.717) is 6.20 Å². The number of rotatable bonds is 13. The van der Waals surface area contributed by atoms with Crippen molar-refractivity contribution in [3.63, 3.8) is 0 Å². The molecule has 1 aliphatic carbocycles. The highest BCUT2D eigenvalue weighted by atomic mass is 31.2. The zero-order chi connectivity index (χ0) is 29.1. The number of carbonyl (C=O) groups is 1. The molecule has 14 heteroatoms. The van der Waals surface area contributed by atoms with Crippen LogP contribution in [0.3, 0.4) is 0 Å². The molecule has 0 radical (unpaired) electrons. The maximum absolute atomic E-state index is 14.1. The number of aromatic amines is 1. The lowest BCUT2D eigenvalue weighted by molar-refractivity contribution is -0.146. The van der Waals surface area contributed by atoms with Gasteiger partial charge in [0.1, 0.15) is 23.2 Å². The van der Waals surface area contributed by atoms with Crippen LogP contribution in [0, 0.1) is 11.7 Å². The first-order chi connectivity index (χ1) is 19.0. The van der Waals surface area contributed by atoms with E-state index in [4.69, 9.17) is 18.5 Å². The van der Waals surface area contributed by atoms with Crippen molar-refractivity contribution in [2.45, 2.75) is 70.7 Å². The summed E-state index contributed by atoms with van der Waals surface area (Å²) < 4.78 is 51.6. The van der Waals surface area contributed by atoms with Gasteiger partial charge in [0.2, 0.25) is 5.82 Å². The number of aromatic nitrogens is 2. The Morgan fingerprint density at radius 2 is 1.95 bits per heavy atom. The number of hydrogen-bond acceptors (Lipinski definition) is 9. The van der Waals surface area contributed by atoms with E-state index >= 15 is 0 Å². The van der Waals surface area contributed by atoms with Gasteiger partial charge < -0.3 is 19.1 Å². The van der Waals surface area contributed by atoms with Crippen LogP contribution in [0.5, 0.6) is 5.75 Å². The van der Waals surface area contributed by atoms with E-state index < -0.39 is 48.7 Å². The number of aliphatic hydroxyl groups excluding tert-OH is 1. The Hall–Kier alpha value is -3.41. The van der Waals surface area contributed by atoms with E-state index in [9.17, 15) is 28.4 Å². The summed E-state index contributed by atoms with van der Waals surface area (Å²) in [6.45, 7) is 5.68. The van der Waals surface area contributed by atoms with Crippen LogP contribution in [-0.4, -0.2) is 38.9 Å². The average Bonchev–Trinajstić information content (AvgIpc) is 3.57. The number of nitrogens with one attached hydrogen (secondary N) is 2. The first-order valence-electron chi connectivity index (χ1n) is 13.1.